The Morgan fingerprint density at radius 2 is 2.06 bits per heavy atom. The van der Waals surface area contributed by atoms with E-state index in [1.54, 1.807) is 0 Å². The summed E-state index contributed by atoms with van der Waals surface area (Å²) in [5.41, 5.74) is 5.33. The van der Waals surface area contributed by atoms with Gasteiger partial charge in [-0.3, -0.25) is 4.79 Å². The van der Waals surface area contributed by atoms with Crippen molar-refractivity contribution in [2.45, 2.75) is 11.3 Å². The summed E-state index contributed by atoms with van der Waals surface area (Å²) in [7, 11) is -3.60. The second-order valence-corrected chi connectivity index (χ2v) is 5.36. The highest BCUT2D eigenvalue weighted by Crippen LogP contribution is 2.16. The fourth-order valence-corrected chi connectivity index (χ4v) is 1.98. The molecule has 0 aliphatic rings. The molecule has 0 aliphatic carbocycles. The van der Waals surface area contributed by atoms with Crippen molar-refractivity contribution < 1.29 is 17.6 Å². The minimum absolute atomic E-state index is 0.109. The predicted octanol–water partition coefficient (Wildman–Crippen LogP) is 0.761. The zero-order valence-corrected chi connectivity index (χ0v) is 9.55. The number of carbonyl (C=O) groups is 1. The van der Waals surface area contributed by atoms with E-state index in [0.717, 1.165) is 18.4 Å². The molecule has 0 saturated heterocycles. The molecule has 16 heavy (non-hydrogen) atoms. The van der Waals surface area contributed by atoms with E-state index in [9.17, 15) is 17.6 Å². The van der Waals surface area contributed by atoms with E-state index in [2.05, 4.69) is 0 Å². The molecule has 0 aromatic heterocycles. The van der Waals surface area contributed by atoms with Gasteiger partial charge in [0.05, 0.1) is 0 Å². The molecule has 2 N–H and O–H groups in total. The van der Waals surface area contributed by atoms with Gasteiger partial charge in [-0.05, 0) is 24.7 Å². The van der Waals surface area contributed by atoms with Gasteiger partial charge in [-0.25, -0.2) is 12.8 Å². The maximum absolute atomic E-state index is 13.4. The fraction of sp³-hybridized carbons (Fsp3) is 0.300. The summed E-state index contributed by atoms with van der Waals surface area (Å²) < 4.78 is 35.6. The van der Waals surface area contributed by atoms with Gasteiger partial charge in [0, 0.05) is 18.2 Å². The molecule has 0 spiro atoms. The lowest BCUT2D eigenvalue weighted by molar-refractivity contribution is 0.0985. The Kier molecular flexibility index (Phi) is 3.77. The smallest absolute Gasteiger partial charge is 0.178 e. The first kappa shape index (κ1) is 12.8. The number of carbonyl (C=O) groups excluding carboxylic acids is 1. The fourth-order valence-electron chi connectivity index (χ4n) is 1.25. The highest BCUT2D eigenvalue weighted by molar-refractivity contribution is 7.90. The molecule has 0 heterocycles. The summed E-state index contributed by atoms with van der Waals surface area (Å²) in [5.74, 6) is -1.22. The van der Waals surface area contributed by atoms with Crippen LogP contribution in [0.5, 0.6) is 0 Å². The van der Waals surface area contributed by atoms with Crippen LogP contribution in [0.3, 0.4) is 0 Å². The standard InChI is InChI=1S/C10H12FNO3S/c1-16(14,15)10-3-2-7(6-8(10)11)9(13)4-5-12/h2-3,6H,4-5,12H2,1H3. The van der Waals surface area contributed by atoms with Crippen molar-refractivity contribution >= 4 is 15.6 Å². The van der Waals surface area contributed by atoms with Crippen LogP contribution in [0, 0.1) is 5.82 Å². The summed E-state index contributed by atoms with van der Waals surface area (Å²) >= 11 is 0. The van der Waals surface area contributed by atoms with E-state index in [1.807, 2.05) is 0 Å². The third kappa shape index (κ3) is 2.86. The number of sulfone groups is 1. The Labute approximate surface area is 93.2 Å². The van der Waals surface area contributed by atoms with Crippen molar-refractivity contribution in [1.82, 2.24) is 0 Å². The highest BCUT2D eigenvalue weighted by Gasteiger charge is 2.15. The summed E-state index contributed by atoms with van der Waals surface area (Å²) in [6.07, 6.45) is 1.02. The molecule has 1 rings (SSSR count). The Morgan fingerprint density at radius 1 is 1.44 bits per heavy atom. The Hall–Kier alpha value is -1.27. The second-order valence-electron chi connectivity index (χ2n) is 3.38. The minimum Gasteiger partial charge on any atom is -0.330 e. The van der Waals surface area contributed by atoms with Gasteiger partial charge < -0.3 is 5.73 Å². The summed E-state index contributed by atoms with van der Waals surface area (Å²) in [6, 6.07) is 3.31. The maximum Gasteiger partial charge on any atom is 0.178 e. The Balaban J connectivity index is 3.14. The number of rotatable bonds is 4. The molecular weight excluding hydrogens is 233 g/mol. The van der Waals surface area contributed by atoms with Crippen molar-refractivity contribution in [2.75, 3.05) is 12.8 Å². The molecule has 0 saturated carbocycles. The first-order valence-corrected chi connectivity index (χ1v) is 6.48. The van der Waals surface area contributed by atoms with Gasteiger partial charge in [0.15, 0.2) is 15.6 Å². The van der Waals surface area contributed by atoms with Crippen molar-refractivity contribution in [3.05, 3.63) is 29.6 Å². The number of hydrogen-bond acceptors (Lipinski definition) is 4. The zero-order chi connectivity index (χ0) is 12.3. The van der Waals surface area contributed by atoms with Gasteiger partial charge in [-0.15, -0.1) is 0 Å². The number of ketones is 1. The molecule has 0 bridgehead atoms. The first-order valence-electron chi connectivity index (χ1n) is 4.59. The number of Topliss-reactive ketones (excluding diaryl/α,β-unsaturated/α-hetero) is 1. The summed E-state index contributed by atoms with van der Waals surface area (Å²) in [4.78, 5) is 11.0. The van der Waals surface area contributed by atoms with Crippen LogP contribution < -0.4 is 5.73 Å². The molecule has 0 aliphatic heterocycles. The van der Waals surface area contributed by atoms with Gasteiger partial charge in [-0.1, -0.05) is 0 Å². The average Bonchev–Trinajstić information content (AvgIpc) is 2.16. The minimum atomic E-state index is -3.60. The quantitative estimate of drug-likeness (QED) is 0.794. The number of halogens is 1. The number of benzene rings is 1. The van der Waals surface area contributed by atoms with E-state index in [1.165, 1.54) is 6.07 Å². The van der Waals surface area contributed by atoms with E-state index in [0.29, 0.717) is 0 Å². The van der Waals surface area contributed by atoms with Crippen LogP contribution in [0.4, 0.5) is 4.39 Å². The van der Waals surface area contributed by atoms with Crippen LogP contribution in [0.15, 0.2) is 23.1 Å². The van der Waals surface area contributed by atoms with Crippen LogP contribution >= 0.6 is 0 Å². The SMILES string of the molecule is CS(=O)(=O)c1ccc(C(=O)CCN)cc1F. The monoisotopic (exact) mass is 245 g/mol. The summed E-state index contributed by atoms with van der Waals surface area (Å²) in [5, 5.41) is 0. The van der Waals surface area contributed by atoms with Gasteiger partial charge in [0.1, 0.15) is 10.7 Å². The number of hydrogen-bond donors (Lipinski definition) is 1. The van der Waals surface area contributed by atoms with E-state index in [-0.39, 0.29) is 24.3 Å². The average molecular weight is 245 g/mol. The van der Waals surface area contributed by atoms with Gasteiger partial charge in [-0.2, -0.15) is 0 Å². The van der Waals surface area contributed by atoms with Crippen LogP contribution in [-0.2, 0) is 9.84 Å². The Morgan fingerprint density at radius 3 is 2.50 bits per heavy atom. The van der Waals surface area contributed by atoms with E-state index >= 15 is 0 Å². The second kappa shape index (κ2) is 4.71. The lowest BCUT2D eigenvalue weighted by Gasteiger charge is -2.03. The summed E-state index contributed by atoms with van der Waals surface area (Å²) in [6.45, 7) is 0.175. The molecule has 1 aromatic rings. The zero-order valence-electron chi connectivity index (χ0n) is 8.73. The van der Waals surface area contributed by atoms with Crippen LogP contribution in [0.1, 0.15) is 16.8 Å². The number of nitrogens with two attached hydrogens (primary N) is 1. The highest BCUT2D eigenvalue weighted by atomic mass is 32.2. The van der Waals surface area contributed by atoms with Crippen molar-refractivity contribution in [3.8, 4) is 0 Å². The predicted molar refractivity (Wildman–Crippen MR) is 57.5 cm³/mol. The molecule has 0 amide bonds. The lowest BCUT2D eigenvalue weighted by Crippen LogP contribution is -2.09. The molecule has 0 atom stereocenters. The maximum atomic E-state index is 13.4. The third-order valence-corrected chi connectivity index (χ3v) is 3.15. The largest absolute Gasteiger partial charge is 0.330 e. The molecule has 88 valence electrons. The molecular formula is C10H12FNO3S. The van der Waals surface area contributed by atoms with Crippen LogP contribution in [0.25, 0.3) is 0 Å². The lowest BCUT2D eigenvalue weighted by atomic mass is 10.1. The molecule has 6 heteroatoms. The van der Waals surface area contributed by atoms with Crippen molar-refractivity contribution in [1.29, 1.82) is 0 Å². The molecule has 0 radical (unpaired) electrons. The van der Waals surface area contributed by atoms with Gasteiger partial charge in [0.25, 0.3) is 0 Å². The van der Waals surface area contributed by atoms with Crippen molar-refractivity contribution in [3.63, 3.8) is 0 Å². The van der Waals surface area contributed by atoms with Crippen molar-refractivity contribution in [2.24, 2.45) is 5.73 Å². The molecule has 1 aromatic carbocycles. The van der Waals surface area contributed by atoms with Gasteiger partial charge in [0.2, 0.25) is 0 Å². The van der Waals surface area contributed by atoms with Crippen LogP contribution in [-0.4, -0.2) is 27.0 Å². The molecule has 0 unspecified atom stereocenters. The Bertz CT molecular complexity index is 511. The van der Waals surface area contributed by atoms with Crippen LogP contribution in [0.2, 0.25) is 0 Å². The molecule has 4 nitrogen and oxygen atoms in total. The topological polar surface area (TPSA) is 77.2 Å². The van der Waals surface area contributed by atoms with E-state index in [4.69, 9.17) is 5.73 Å². The van der Waals surface area contributed by atoms with E-state index < -0.39 is 20.5 Å². The molecule has 0 fully saturated rings. The normalized spacial score (nSPS) is 11.4. The third-order valence-electron chi connectivity index (χ3n) is 2.02. The first-order chi connectivity index (χ1) is 7.36. The van der Waals surface area contributed by atoms with Gasteiger partial charge >= 0.3 is 0 Å².